The Morgan fingerprint density at radius 3 is 2.80 bits per heavy atom. The van der Waals surface area contributed by atoms with E-state index in [4.69, 9.17) is 5.73 Å². The van der Waals surface area contributed by atoms with Crippen LogP contribution in [0.1, 0.15) is 26.2 Å². The van der Waals surface area contributed by atoms with Gasteiger partial charge in [0.1, 0.15) is 0 Å². The van der Waals surface area contributed by atoms with Crippen molar-refractivity contribution >= 4 is 5.91 Å². The van der Waals surface area contributed by atoms with Crippen molar-refractivity contribution in [1.82, 2.24) is 5.32 Å². The zero-order valence-corrected chi connectivity index (χ0v) is 6.47. The Morgan fingerprint density at radius 1 is 1.60 bits per heavy atom. The van der Waals surface area contributed by atoms with Crippen molar-refractivity contribution < 1.29 is 4.79 Å². The van der Waals surface area contributed by atoms with Gasteiger partial charge in [0.05, 0.1) is 6.54 Å². The molecule has 0 rings (SSSR count). The van der Waals surface area contributed by atoms with Gasteiger partial charge in [-0.05, 0) is 6.42 Å². The third kappa shape index (κ3) is 5.56. The Bertz CT molecular complexity index is 83.6. The van der Waals surface area contributed by atoms with Crippen LogP contribution in [0.4, 0.5) is 0 Å². The molecule has 10 heavy (non-hydrogen) atoms. The van der Waals surface area contributed by atoms with E-state index in [2.05, 4.69) is 12.2 Å². The van der Waals surface area contributed by atoms with Crippen LogP contribution in [0.2, 0.25) is 0 Å². The van der Waals surface area contributed by atoms with Crippen LogP contribution in [0.25, 0.3) is 0 Å². The molecule has 0 bridgehead atoms. The highest BCUT2D eigenvalue weighted by atomic mass is 16.1. The predicted octanol–water partition coefficient (Wildman–Crippen LogP) is 0.266. The number of hydrogen-bond acceptors (Lipinski definition) is 2. The molecule has 0 fully saturated rings. The molecule has 1 amide bonds. The third-order valence-corrected chi connectivity index (χ3v) is 1.16. The average Bonchev–Trinajstić information content (AvgIpc) is 1.97. The average molecular weight is 143 g/mol. The van der Waals surface area contributed by atoms with E-state index >= 15 is 0 Å². The molecule has 0 aromatic heterocycles. The second-order valence-corrected chi connectivity index (χ2v) is 2.17. The zero-order chi connectivity index (χ0) is 7.82. The van der Waals surface area contributed by atoms with Gasteiger partial charge in [-0.15, -0.1) is 0 Å². The summed E-state index contributed by atoms with van der Waals surface area (Å²) in [6.07, 6.45) is 2.56. The van der Waals surface area contributed by atoms with E-state index in [-0.39, 0.29) is 5.91 Å². The van der Waals surface area contributed by atoms with Crippen LogP contribution < -0.4 is 11.1 Å². The van der Waals surface area contributed by atoms with Crippen molar-refractivity contribution in [1.29, 1.82) is 0 Å². The quantitative estimate of drug-likeness (QED) is 0.600. The SMILES string of the molecule is CCCCC(=O)[N]CCN. The lowest BCUT2D eigenvalue weighted by atomic mass is 10.2. The van der Waals surface area contributed by atoms with E-state index in [1.54, 1.807) is 0 Å². The summed E-state index contributed by atoms with van der Waals surface area (Å²) in [6, 6.07) is 0. The minimum absolute atomic E-state index is 0.00713. The van der Waals surface area contributed by atoms with Crippen molar-refractivity contribution in [3.63, 3.8) is 0 Å². The smallest absolute Gasteiger partial charge is 0.241 e. The fourth-order valence-electron chi connectivity index (χ4n) is 0.596. The van der Waals surface area contributed by atoms with Gasteiger partial charge >= 0.3 is 0 Å². The summed E-state index contributed by atoms with van der Waals surface area (Å²) < 4.78 is 0. The molecule has 3 heteroatoms. The molecule has 0 aliphatic heterocycles. The molecule has 0 saturated carbocycles. The first kappa shape index (κ1) is 9.43. The molecule has 0 heterocycles. The lowest BCUT2D eigenvalue weighted by Gasteiger charge is -1.97. The van der Waals surface area contributed by atoms with Crippen LogP contribution in [0.3, 0.4) is 0 Å². The molecule has 0 aliphatic rings. The van der Waals surface area contributed by atoms with Gasteiger partial charge in [-0.2, -0.15) is 0 Å². The first-order valence-electron chi connectivity index (χ1n) is 3.71. The van der Waals surface area contributed by atoms with Crippen molar-refractivity contribution in [3.8, 4) is 0 Å². The Kier molecular flexibility index (Phi) is 6.18. The van der Waals surface area contributed by atoms with Crippen LogP contribution in [-0.2, 0) is 4.79 Å². The second-order valence-electron chi connectivity index (χ2n) is 2.17. The lowest BCUT2D eigenvalue weighted by Crippen LogP contribution is -2.21. The molecule has 1 radical (unpaired) electrons. The number of amides is 1. The largest absolute Gasteiger partial charge is 0.329 e. The van der Waals surface area contributed by atoms with Gasteiger partial charge in [0, 0.05) is 13.0 Å². The molecule has 3 nitrogen and oxygen atoms in total. The number of nitrogens with zero attached hydrogens (tertiary/aromatic N) is 1. The van der Waals surface area contributed by atoms with Crippen molar-refractivity contribution in [2.75, 3.05) is 13.1 Å². The molecule has 0 unspecified atom stereocenters. The topological polar surface area (TPSA) is 57.2 Å². The van der Waals surface area contributed by atoms with Crippen molar-refractivity contribution in [2.45, 2.75) is 26.2 Å². The van der Waals surface area contributed by atoms with Gasteiger partial charge in [-0.3, -0.25) is 10.1 Å². The Hall–Kier alpha value is -0.570. The van der Waals surface area contributed by atoms with Gasteiger partial charge in [0.2, 0.25) is 5.91 Å². The normalized spacial score (nSPS) is 9.40. The minimum Gasteiger partial charge on any atom is -0.329 e. The Balaban J connectivity index is 3.09. The monoisotopic (exact) mass is 143 g/mol. The van der Waals surface area contributed by atoms with E-state index in [1.807, 2.05) is 0 Å². The number of unbranched alkanes of at least 4 members (excludes halogenated alkanes) is 1. The maximum absolute atomic E-state index is 10.7. The second kappa shape index (κ2) is 6.55. The van der Waals surface area contributed by atoms with Crippen LogP contribution in [0, 0.1) is 0 Å². The molecule has 0 saturated heterocycles. The highest BCUT2D eigenvalue weighted by Gasteiger charge is 1.98. The maximum Gasteiger partial charge on any atom is 0.241 e. The highest BCUT2D eigenvalue weighted by Crippen LogP contribution is 1.92. The van der Waals surface area contributed by atoms with Crippen LogP contribution in [0.15, 0.2) is 0 Å². The summed E-state index contributed by atoms with van der Waals surface area (Å²) in [6.45, 7) is 3.00. The molecule has 0 aliphatic carbocycles. The summed E-state index contributed by atoms with van der Waals surface area (Å²) in [4.78, 5) is 10.7. The number of nitrogens with two attached hydrogens (primary N) is 1. The molecular weight excluding hydrogens is 128 g/mol. The summed E-state index contributed by atoms with van der Waals surface area (Å²) >= 11 is 0. The summed E-state index contributed by atoms with van der Waals surface area (Å²) in [5.41, 5.74) is 5.16. The summed E-state index contributed by atoms with van der Waals surface area (Å²) in [5.74, 6) is -0.00713. The summed E-state index contributed by atoms with van der Waals surface area (Å²) in [5, 5.41) is 3.72. The summed E-state index contributed by atoms with van der Waals surface area (Å²) in [7, 11) is 0. The van der Waals surface area contributed by atoms with E-state index in [1.165, 1.54) is 0 Å². The van der Waals surface area contributed by atoms with E-state index in [0.717, 1.165) is 12.8 Å². The van der Waals surface area contributed by atoms with Gasteiger partial charge in [0.15, 0.2) is 0 Å². The highest BCUT2D eigenvalue weighted by molar-refractivity contribution is 5.75. The number of rotatable bonds is 5. The first-order chi connectivity index (χ1) is 4.81. The van der Waals surface area contributed by atoms with Crippen LogP contribution >= 0.6 is 0 Å². The van der Waals surface area contributed by atoms with Crippen LogP contribution in [-0.4, -0.2) is 19.0 Å². The zero-order valence-electron chi connectivity index (χ0n) is 6.47. The molecule has 0 atom stereocenters. The number of carbonyl (C=O) groups is 1. The van der Waals surface area contributed by atoms with Crippen molar-refractivity contribution in [2.24, 2.45) is 5.73 Å². The maximum atomic E-state index is 10.7. The molecule has 0 spiro atoms. The van der Waals surface area contributed by atoms with Gasteiger partial charge in [0.25, 0.3) is 0 Å². The van der Waals surface area contributed by atoms with E-state index < -0.39 is 0 Å². The van der Waals surface area contributed by atoms with Gasteiger partial charge in [-0.1, -0.05) is 13.3 Å². The van der Waals surface area contributed by atoms with E-state index in [0.29, 0.717) is 19.5 Å². The fraction of sp³-hybridized carbons (Fsp3) is 0.857. The third-order valence-electron chi connectivity index (χ3n) is 1.16. The lowest BCUT2D eigenvalue weighted by molar-refractivity contribution is -0.121. The van der Waals surface area contributed by atoms with Crippen molar-refractivity contribution in [3.05, 3.63) is 0 Å². The standard InChI is InChI=1S/C7H15N2O/c1-2-3-4-7(10)9-6-5-8/h2-6,8H2,1H3. The Labute approximate surface area is 62.0 Å². The van der Waals surface area contributed by atoms with E-state index in [9.17, 15) is 4.79 Å². The number of hydrogen-bond donors (Lipinski definition) is 1. The molecular formula is C7H15N2O. The molecule has 0 aromatic carbocycles. The van der Waals surface area contributed by atoms with Crippen LogP contribution in [0.5, 0.6) is 0 Å². The van der Waals surface area contributed by atoms with Gasteiger partial charge < -0.3 is 5.73 Å². The Morgan fingerprint density at radius 2 is 2.30 bits per heavy atom. The number of carbonyl (C=O) groups excluding carboxylic acids is 1. The van der Waals surface area contributed by atoms with Gasteiger partial charge in [-0.25, -0.2) is 0 Å². The predicted molar refractivity (Wildman–Crippen MR) is 40.6 cm³/mol. The minimum atomic E-state index is -0.00713. The molecule has 59 valence electrons. The first-order valence-corrected chi connectivity index (χ1v) is 3.71. The molecule has 2 N–H and O–H groups in total. The fourth-order valence-corrected chi connectivity index (χ4v) is 0.596. The molecule has 0 aromatic rings.